The Hall–Kier alpha value is -1.57. The van der Waals surface area contributed by atoms with E-state index in [2.05, 4.69) is 6.07 Å². The van der Waals surface area contributed by atoms with Crippen LogP contribution in [0.4, 0.5) is 0 Å². The molecule has 0 aliphatic heterocycles. The van der Waals surface area contributed by atoms with Gasteiger partial charge in [-0.25, -0.2) is 0 Å². The van der Waals surface area contributed by atoms with Crippen LogP contribution in [0.3, 0.4) is 0 Å². The van der Waals surface area contributed by atoms with E-state index in [-0.39, 0.29) is 5.92 Å². The fourth-order valence-corrected chi connectivity index (χ4v) is 3.36. The van der Waals surface area contributed by atoms with Gasteiger partial charge in [0.1, 0.15) is 0 Å². The summed E-state index contributed by atoms with van der Waals surface area (Å²) >= 11 is 0. The number of carbonyl (C=O) groups is 2. The van der Waals surface area contributed by atoms with Crippen LogP contribution in [0.5, 0.6) is 0 Å². The molecule has 5 heteroatoms. The largest absolute Gasteiger partial charge is 0.481 e. The molecule has 3 aliphatic carbocycles. The summed E-state index contributed by atoms with van der Waals surface area (Å²) in [5.41, 5.74) is -0.955. The number of aliphatic carboxylic acids is 2. The Morgan fingerprint density at radius 1 is 1.19 bits per heavy atom. The maximum atomic E-state index is 11.2. The first-order valence-corrected chi connectivity index (χ1v) is 5.39. The number of hydrogen-bond donors (Lipinski definition) is 2. The van der Waals surface area contributed by atoms with Crippen LogP contribution in [0.15, 0.2) is 0 Å². The van der Waals surface area contributed by atoms with Crippen molar-refractivity contribution in [3.05, 3.63) is 0 Å². The smallest absolute Gasteiger partial charge is 0.309 e. The fraction of sp³-hybridized carbons (Fsp3) is 0.727. The number of hydrogen-bond acceptors (Lipinski definition) is 3. The van der Waals surface area contributed by atoms with Crippen molar-refractivity contribution >= 4 is 11.9 Å². The highest BCUT2D eigenvalue weighted by Crippen LogP contribution is 2.56. The Morgan fingerprint density at radius 2 is 1.75 bits per heavy atom. The third kappa shape index (κ3) is 1.29. The molecule has 0 amide bonds. The molecule has 3 fully saturated rings. The Balaban J connectivity index is 2.44. The molecule has 2 unspecified atom stereocenters. The molecule has 3 saturated carbocycles. The van der Waals surface area contributed by atoms with Gasteiger partial charge >= 0.3 is 11.9 Å². The summed E-state index contributed by atoms with van der Waals surface area (Å²) in [4.78, 5) is 22.4. The van der Waals surface area contributed by atoms with Crippen molar-refractivity contribution in [2.45, 2.75) is 25.7 Å². The second-order valence-electron chi connectivity index (χ2n) is 4.79. The monoisotopic (exact) mass is 223 g/mol. The Labute approximate surface area is 92.7 Å². The molecule has 0 aromatic heterocycles. The first kappa shape index (κ1) is 10.9. The summed E-state index contributed by atoms with van der Waals surface area (Å²) in [5.74, 6) is -4.22. The van der Waals surface area contributed by atoms with Gasteiger partial charge in [-0.2, -0.15) is 5.26 Å². The van der Waals surface area contributed by atoms with Crippen molar-refractivity contribution in [2.75, 3.05) is 0 Å². The minimum Gasteiger partial charge on any atom is -0.481 e. The molecule has 0 saturated heterocycles. The Bertz CT molecular complexity index is 376. The van der Waals surface area contributed by atoms with Crippen LogP contribution in [-0.4, -0.2) is 22.2 Å². The molecule has 0 aromatic rings. The third-order valence-corrected chi connectivity index (χ3v) is 4.16. The van der Waals surface area contributed by atoms with E-state index in [1.807, 2.05) is 0 Å². The molecule has 0 radical (unpaired) electrons. The number of nitrogens with zero attached hydrogens (tertiary/aromatic N) is 1. The van der Waals surface area contributed by atoms with Crippen LogP contribution >= 0.6 is 0 Å². The summed E-state index contributed by atoms with van der Waals surface area (Å²) in [7, 11) is 0. The lowest BCUT2D eigenvalue weighted by Gasteiger charge is -2.49. The number of carboxylic acids is 2. The highest BCUT2D eigenvalue weighted by Gasteiger charge is 2.59. The maximum Gasteiger partial charge on any atom is 0.309 e. The second kappa shape index (κ2) is 3.48. The fourth-order valence-electron chi connectivity index (χ4n) is 3.36. The van der Waals surface area contributed by atoms with E-state index in [1.54, 1.807) is 0 Å². The van der Waals surface area contributed by atoms with Gasteiger partial charge in [0.25, 0.3) is 0 Å². The highest BCUT2D eigenvalue weighted by molar-refractivity contribution is 5.82. The van der Waals surface area contributed by atoms with Crippen molar-refractivity contribution < 1.29 is 19.8 Å². The topological polar surface area (TPSA) is 98.4 Å². The van der Waals surface area contributed by atoms with Crippen molar-refractivity contribution in [1.82, 2.24) is 0 Å². The van der Waals surface area contributed by atoms with E-state index >= 15 is 0 Å². The van der Waals surface area contributed by atoms with Gasteiger partial charge in [-0.1, -0.05) is 0 Å². The summed E-state index contributed by atoms with van der Waals surface area (Å²) in [6.07, 6.45) is 2.37. The van der Waals surface area contributed by atoms with Crippen LogP contribution in [0, 0.1) is 34.5 Å². The maximum absolute atomic E-state index is 11.2. The van der Waals surface area contributed by atoms with Gasteiger partial charge in [-0.05, 0) is 31.6 Å². The summed E-state index contributed by atoms with van der Waals surface area (Å²) in [6, 6.07) is 2.08. The summed E-state index contributed by atoms with van der Waals surface area (Å²) in [5, 5.41) is 27.5. The van der Waals surface area contributed by atoms with Crippen LogP contribution < -0.4 is 0 Å². The zero-order valence-electron chi connectivity index (χ0n) is 8.72. The van der Waals surface area contributed by atoms with Gasteiger partial charge in [-0.15, -0.1) is 0 Å². The predicted octanol–water partition coefficient (Wildman–Crippen LogP) is 1.10. The van der Waals surface area contributed by atoms with Crippen molar-refractivity contribution in [2.24, 2.45) is 23.2 Å². The zero-order chi connectivity index (χ0) is 11.9. The first-order chi connectivity index (χ1) is 7.52. The molecule has 0 aromatic carbocycles. The molecular formula is C11H13NO4. The van der Waals surface area contributed by atoms with Gasteiger partial charge in [0.15, 0.2) is 0 Å². The van der Waals surface area contributed by atoms with Gasteiger partial charge in [0, 0.05) is 0 Å². The van der Waals surface area contributed by atoms with Gasteiger partial charge in [0.05, 0.1) is 23.3 Å². The molecule has 2 bridgehead atoms. The van der Waals surface area contributed by atoms with Crippen LogP contribution in [0.2, 0.25) is 0 Å². The lowest BCUT2D eigenvalue weighted by Crippen LogP contribution is -2.53. The van der Waals surface area contributed by atoms with Gasteiger partial charge in [0.2, 0.25) is 0 Å². The lowest BCUT2D eigenvalue weighted by atomic mass is 9.51. The molecule has 3 aliphatic rings. The molecule has 0 heterocycles. The molecule has 5 nitrogen and oxygen atoms in total. The quantitative estimate of drug-likeness (QED) is 0.730. The second-order valence-corrected chi connectivity index (χ2v) is 4.79. The Kier molecular flexibility index (Phi) is 2.38. The van der Waals surface area contributed by atoms with Gasteiger partial charge in [-0.3, -0.25) is 9.59 Å². The van der Waals surface area contributed by atoms with E-state index in [0.29, 0.717) is 25.7 Å². The van der Waals surface area contributed by atoms with Crippen LogP contribution in [0.1, 0.15) is 25.7 Å². The predicted molar refractivity (Wildman–Crippen MR) is 52.3 cm³/mol. The molecule has 2 atom stereocenters. The van der Waals surface area contributed by atoms with E-state index in [9.17, 15) is 14.9 Å². The Morgan fingerprint density at radius 3 is 2.12 bits per heavy atom. The van der Waals surface area contributed by atoms with E-state index in [4.69, 9.17) is 10.2 Å². The van der Waals surface area contributed by atoms with E-state index in [1.165, 1.54) is 0 Å². The average Bonchev–Trinajstić information content (AvgIpc) is 2.28. The first-order valence-electron chi connectivity index (χ1n) is 5.39. The summed E-state index contributed by atoms with van der Waals surface area (Å²) < 4.78 is 0. The number of nitriles is 1. The summed E-state index contributed by atoms with van der Waals surface area (Å²) in [6.45, 7) is 0. The van der Waals surface area contributed by atoms with Crippen molar-refractivity contribution in [3.8, 4) is 6.07 Å². The molecule has 86 valence electrons. The zero-order valence-corrected chi connectivity index (χ0v) is 8.72. The SMILES string of the molecule is N#CC12CCC(CC1)C(C(=O)O)C2C(=O)O. The number of rotatable bonds is 2. The molecular weight excluding hydrogens is 210 g/mol. The highest BCUT2D eigenvalue weighted by atomic mass is 16.4. The number of carboxylic acid groups (broad SMARTS) is 2. The standard InChI is InChI=1S/C11H13NO4/c12-5-11-3-1-6(2-4-11)7(9(13)14)8(11)10(15)16/h6-8H,1-4H2,(H,13,14)(H,15,16). The normalized spacial score (nSPS) is 41.3. The minimum absolute atomic E-state index is 0.0752. The van der Waals surface area contributed by atoms with Crippen LogP contribution in [-0.2, 0) is 9.59 Å². The van der Waals surface area contributed by atoms with Crippen LogP contribution in [0.25, 0.3) is 0 Å². The van der Waals surface area contributed by atoms with E-state index < -0.39 is 29.2 Å². The van der Waals surface area contributed by atoms with E-state index in [0.717, 1.165) is 0 Å². The minimum atomic E-state index is -1.14. The van der Waals surface area contributed by atoms with Crippen molar-refractivity contribution in [1.29, 1.82) is 5.26 Å². The lowest BCUT2D eigenvalue weighted by molar-refractivity contribution is -0.170. The number of fused-ring (bicyclic) bond motifs is 3. The van der Waals surface area contributed by atoms with Gasteiger partial charge < -0.3 is 10.2 Å². The average molecular weight is 223 g/mol. The molecule has 16 heavy (non-hydrogen) atoms. The van der Waals surface area contributed by atoms with Crippen molar-refractivity contribution in [3.63, 3.8) is 0 Å². The molecule has 3 rings (SSSR count). The molecule has 2 N–H and O–H groups in total. The molecule has 0 spiro atoms. The third-order valence-electron chi connectivity index (χ3n) is 4.16.